The second-order valence-corrected chi connectivity index (χ2v) is 7.90. The van der Waals surface area contributed by atoms with Crippen LogP contribution in [0.5, 0.6) is 5.75 Å². The van der Waals surface area contributed by atoms with Crippen LogP contribution < -0.4 is 4.74 Å². The molecule has 0 radical (unpaired) electrons. The zero-order valence-corrected chi connectivity index (χ0v) is 13.1. The van der Waals surface area contributed by atoms with E-state index in [0.717, 1.165) is 30.6 Å². The second-order valence-electron chi connectivity index (χ2n) is 7.90. The molecule has 1 saturated carbocycles. The molecule has 20 heavy (non-hydrogen) atoms. The summed E-state index contributed by atoms with van der Waals surface area (Å²) in [6.07, 6.45) is 3.68. The van der Waals surface area contributed by atoms with Crippen LogP contribution in [0, 0.1) is 18.3 Å². The maximum absolute atomic E-state index is 10.6. The molecule has 2 heteroatoms. The highest BCUT2D eigenvalue weighted by molar-refractivity contribution is 5.41. The van der Waals surface area contributed by atoms with Crippen LogP contribution >= 0.6 is 0 Å². The maximum atomic E-state index is 10.6. The number of ether oxygens (including phenoxy) is 1. The molecular weight excluding hydrogens is 248 g/mol. The smallest absolute Gasteiger partial charge is 0.125 e. The Balaban J connectivity index is 1.96. The van der Waals surface area contributed by atoms with Crippen LogP contribution in [0.3, 0.4) is 0 Å². The zero-order valence-electron chi connectivity index (χ0n) is 13.1. The third-order valence-corrected chi connectivity index (χ3v) is 4.84. The maximum Gasteiger partial charge on any atom is 0.125 e. The van der Waals surface area contributed by atoms with Crippen LogP contribution in [0.1, 0.15) is 63.7 Å². The number of aliphatic hydroxyl groups is 1. The average molecular weight is 274 g/mol. The predicted molar refractivity (Wildman–Crippen MR) is 80.9 cm³/mol. The van der Waals surface area contributed by atoms with Gasteiger partial charge in [-0.1, -0.05) is 32.4 Å². The zero-order chi connectivity index (χ0) is 14.5. The molecule has 1 aromatic carbocycles. The lowest BCUT2D eigenvalue weighted by Gasteiger charge is -2.50. The average Bonchev–Trinajstić information content (AvgIpc) is 2.27. The molecule has 1 heterocycles. The van der Waals surface area contributed by atoms with Crippen molar-refractivity contribution < 1.29 is 9.84 Å². The molecule has 1 aromatic rings. The van der Waals surface area contributed by atoms with Gasteiger partial charge in [0.1, 0.15) is 11.4 Å². The van der Waals surface area contributed by atoms with Crippen LogP contribution in [-0.2, 0) is 0 Å². The van der Waals surface area contributed by atoms with E-state index < -0.39 is 0 Å². The summed E-state index contributed by atoms with van der Waals surface area (Å²) in [4.78, 5) is 0. The fourth-order valence-corrected chi connectivity index (χ4v) is 4.66. The first-order valence-corrected chi connectivity index (χ1v) is 7.76. The van der Waals surface area contributed by atoms with Crippen molar-refractivity contribution >= 4 is 0 Å². The molecule has 2 aliphatic rings. The summed E-state index contributed by atoms with van der Waals surface area (Å²) in [6, 6.07) is 6.16. The summed E-state index contributed by atoms with van der Waals surface area (Å²) in [5.41, 5.74) is 2.26. The van der Waals surface area contributed by atoms with Gasteiger partial charge in [0, 0.05) is 12.0 Å². The minimum Gasteiger partial charge on any atom is -0.487 e. The summed E-state index contributed by atoms with van der Waals surface area (Å²) in [5, 5.41) is 10.6. The van der Waals surface area contributed by atoms with Crippen molar-refractivity contribution in [1.29, 1.82) is 0 Å². The van der Waals surface area contributed by atoms with Gasteiger partial charge in [0.15, 0.2) is 0 Å². The van der Waals surface area contributed by atoms with E-state index in [1.165, 1.54) is 12.0 Å². The first-order valence-electron chi connectivity index (χ1n) is 7.76. The molecule has 1 aliphatic carbocycles. The van der Waals surface area contributed by atoms with E-state index >= 15 is 0 Å². The van der Waals surface area contributed by atoms with Gasteiger partial charge in [0.05, 0.1) is 6.10 Å². The van der Waals surface area contributed by atoms with Gasteiger partial charge < -0.3 is 9.84 Å². The molecule has 1 fully saturated rings. The first kappa shape index (κ1) is 13.9. The van der Waals surface area contributed by atoms with Crippen molar-refractivity contribution in [3.8, 4) is 5.75 Å². The minimum atomic E-state index is -0.389. The largest absolute Gasteiger partial charge is 0.487 e. The first-order chi connectivity index (χ1) is 9.29. The quantitative estimate of drug-likeness (QED) is 0.760. The third kappa shape index (κ3) is 2.46. The molecule has 3 atom stereocenters. The van der Waals surface area contributed by atoms with Crippen LogP contribution in [-0.4, -0.2) is 10.7 Å². The summed E-state index contributed by atoms with van der Waals surface area (Å²) in [5.74, 6) is 1.54. The number of aryl methyl sites for hydroxylation is 1. The van der Waals surface area contributed by atoms with Gasteiger partial charge in [-0.2, -0.15) is 0 Å². The number of fused-ring (bicyclic) bond motifs is 1. The molecule has 1 aliphatic heterocycles. The lowest BCUT2D eigenvalue weighted by atomic mass is 9.63. The monoisotopic (exact) mass is 274 g/mol. The van der Waals surface area contributed by atoms with E-state index in [1.54, 1.807) is 0 Å². The molecule has 3 rings (SSSR count). The lowest BCUT2D eigenvalue weighted by Crippen LogP contribution is -2.49. The predicted octanol–water partition coefficient (Wildman–Crippen LogP) is 4.40. The molecule has 2 nitrogen and oxygen atoms in total. The van der Waals surface area contributed by atoms with E-state index in [0.29, 0.717) is 11.3 Å². The molecule has 0 bridgehead atoms. The molecule has 1 N–H and O–H groups in total. The molecular formula is C18H26O2. The Hall–Kier alpha value is -1.02. The second kappa shape index (κ2) is 4.49. The number of hydrogen-bond acceptors (Lipinski definition) is 2. The molecule has 0 saturated heterocycles. The van der Waals surface area contributed by atoms with E-state index in [2.05, 4.69) is 39.8 Å². The van der Waals surface area contributed by atoms with Gasteiger partial charge in [-0.05, 0) is 49.7 Å². The van der Waals surface area contributed by atoms with Crippen LogP contribution in [0.4, 0.5) is 0 Å². The molecule has 110 valence electrons. The Kier molecular flexibility index (Phi) is 3.13. The highest BCUT2D eigenvalue weighted by Crippen LogP contribution is 2.52. The Morgan fingerprint density at radius 1 is 1.20 bits per heavy atom. The van der Waals surface area contributed by atoms with Crippen molar-refractivity contribution in [2.75, 3.05) is 0 Å². The number of aliphatic hydroxyl groups excluding tert-OH is 1. The number of rotatable bonds is 0. The SMILES string of the molecule is Cc1ccc2c(c1)[C@H](O)CC1(CC(C)CC(C)(C)C1)O2. The molecule has 1 spiro atoms. The summed E-state index contributed by atoms with van der Waals surface area (Å²) in [7, 11) is 0. The lowest BCUT2D eigenvalue weighted by molar-refractivity contribution is -0.0822. The number of benzene rings is 1. The van der Waals surface area contributed by atoms with E-state index in [9.17, 15) is 5.11 Å². The van der Waals surface area contributed by atoms with Gasteiger partial charge in [-0.25, -0.2) is 0 Å². The molecule has 2 unspecified atom stereocenters. The Morgan fingerprint density at radius 3 is 2.65 bits per heavy atom. The Morgan fingerprint density at radius 2 is 1.95 bits per heavy atom. The van der Waals surface area contributed by atoms with E-state index in [-0.39, 0.29) is 11.7 Å². The Labute approximate surface area is 122 Å². The van der Waals surface area contributed by atoms with Crippen molar-refractivity contribution in [3.63, 3.8) is 0 Å². The van der Waals surface area contributed by atoms with Crippen LogP contribution in [0.25, 0.3) is 0 Å². The highest BCUT2D eigenvalue weighted by Gasteiger charge is 2.48. The fraction of sp³-hybridized carbons (Fsp3) is 0.667. The third-order valence-electron chi connectivity index (χ3n) is 4.84. The van der Waals surface area contributed by atoms with Gasteiger partial charge in [-0.15, -0.1) is 0 Å². The number of hydrogen-bond donors (Lipinski definition) is 1. The minimum absolute atomic E-state index is 0.178. The summed E-state index contributed by atoms with van der Waals surface area (Å²) in [6.45, 7) is 9.02. The highest BCUT2D eigenvalue weighted by atomic mass is 16.5. The standard InChI is InChI=1S/C18H26O2/c1-12-5-6-16-14(7-12)15(19)10-18(20-16)9-13(2)8-17(3,4)11-18/h5-7,13,15,19H,8-11H2,1-4H3/t13?,15-,18?/m1/s1. The van der Waals surface area contributed by atoms with Crippen molar-refractivity contribution in [1.82, 2.24) is 0 Å². The van der Waals surface area contributed by atoms with Crippen LogP contribution in [0.2, 0.25) is 0 Å². The Bertz CT molecular complexity index is 520. The summed E-state index contributed by atoms with van der Waals surface area (Å²) < 4.78 is 6.43. The molecule has 0 amide bonds. The van der Waals surface area contributed by atoms with Crippen LogP contribution in [0.15, 0.2) is 18.2 Å². The van der Waals surface area contributed by atoms with Gasteiger partial charge >= 0.3 is 0 Å². The van der Waals surface area contributed by atoms with Gasteiger partial charge in [0.2, 0.25) is 0 Å². The van der Waals surface area contributed by atoms with Crippen molar-refractivity contribution in [2.45, 2.75) is 65.1 Å². The normalized spacial score (nSPS) is 35.5. The summed E-state index contributed by atoms with van der Waals surface area (Å²) >= 11 is 0. The van der Waals surface area contributed by atoms with E-state index in [1.807, 2.05) is 6.07 Å². The fourth-order valence-electron chi connectivity index (χ4n) is 4.66. The van der Waals surface area contributed by atoms with Gasteiger partial charge in [-0.3, -0.25) is 0 Å². The van der Waals surface area contributed by atoms with Gasteiger partial charge in [0.25, 0.3) is 0 Å². The topological polar surface area (TPSA) is 29.5 Å². The van der Waals surface area contributed by atoms with E-state index in [4.69, 9.17) is 4.74 Å². The van der Waals surface area contributed by atoms with Crippen molar-refractivity contribution in [3.05, 3.63) is 29.3 Å². The van der Waals surface area contributed by atoms with Crippen molar-refractivity contribution in [2.24, 2.45) is 11.3 Å². The molecule has 0 aromatic heterocycles.